The quantitative estimate of drug-likeness (QED) is 0.659. The second kappa shape index (κ2) is 8.44. The summed E-state index contributed by atoms with van der Waals surface area (Å²) >= 11 is 0. The third-order valence-electron chi connectivity index (χ3n) is 4.35. The standard InChI is InChI=1S/C18H35N3O/c1-6-8-10-12-16-20(13-11-9-7-2)15(17(19)22)14-21(16)18(3,4)5/h14,16H,6-13H2,1-5H3,(H2,19,22). The molecule has 0 aromatic rings. The van der Waals surface area contributed by atoms with Gasteiger partial charge in [0, 0.05) is 18.3 Å². The Morgan fingerprint density at radius 3 is 2.23 bits per heavy atom. The van der Waals surface area contributed by atoms with Gasteiger partial charge in [-0.2, -0.15) is 0 Å². The summed E-state index contributed by atoms with van der Waals surface area (Å²) in [7, 11) is 0. The molecule has 128 valence electrons. The lowest BCUT2D eigenvalue weighted by atomic mass is 10.0. The zero-order valence-corrected chi connectivity index (χ0v) is 15.2. The van der Waals surface area contributed by atoms with Crippen LogP contribution >= 0.6 is 0 Å². The summed E-state index contributed by atoms with van der Waals surface area (Å²) in [5, 5.41) is 0. The Labute approximate surface area is 136 Å². The fourth-order valence-electron chi connectivity index (χ4n) is 3.12. The van der Waals surface area contributed by atoms with Crippen LogP contribution in [-0.2, 0) is 4.79 Å². The Bertz CT molecular complexity index is 384. The largest absolute Gasteiger partial charge is 0.364 e. The number of unbranched alkanes of at least 4 members (excludes halogenated alkanes) is 4. The molecule has 0 saturated carbocycles. The summed E-state index contributed by atoms with van der Waals surface area (Å²) in [6.07, 6.45) is 10.5. The average Bonchev–Trinajstić information content (AvgIpc) is 2.78. The van der Waals surface area contributed by atoms with Gasteiger partial charge in [-0.05, 0) is 40.0 Å². The van der Waals surface area contributed by atoms with Crippen LogP contribution in [0.25, 0.3) is 0 Å². The highest BCUT2D eigenvalue weighted by Crippen LogP contribution is 2.32. The maximum atomic E-state index is 11.9. The Morgan fingerprint density at radius 2 is 1.73 bits per heavy atom. The number of hydrogen-bond donors (Lipinski definition) is 1. The van der Waals surface area contributed by atoms with E-state index in [1.54, 1.807) is 0 Å². The van der Waals surface area contributed by atoms with Crippen molar-refractivity contribution in [3.8, 4) is 0 Å². The first-order chi connectivity index (χ1) is 10.3. The lowest BCUT2D eigenvalue weighted by molar-refractivity contribution is -0.116. The van der Waals surface area contributed by atoms with E-state index in [-0.39, 0.29) is 17.6 Å². The van der Waals surface area contributed by atoms with Gasteiger partial charge in [-0.15, -0.1) is 0 Å². The molecule has 1 atom stereocenters. The SMILES string of the molecule is CCCCCC1N(CCCCC)C(C(N)=O)=CN1C(C)(C)C. The van der Waals surface area contributed by atoms with Crippen molar-refractivity contribution in [2.24, 2.45) is 5.73 Å². The molecule has 0 bridgehead atoms. The van der Waals surface area contributed by atoms with Crippen LogP contribution in [0.5, 0.6) is 0 Å². The fourth-order valence-corrected chi connectivity index (χ4v) is 3.12. The minimum atomic E-state index is -0.302. The van der Waals surface area contributed by atoms with Crippen LogP contribution in [0.1, 0.15) is 79.6 Å². The second-order valence-electron chi connectivity index (χ2n) is 7.33. The van der Waals surface area contributed by atoms with E-state index in [1.807, 2.05) is 6.20 Å². The molecule has 1 aliphatic rings. The van der Waals surface area contributed by atoms with Gasteiger partial charge in [0.15, 0.2) is 0 Å². The number of rotatable bonds is 9. The number of carbonyl (C=O) groups is 1. The van der Waals surface area contributed by atoms with E-state index >= 15 is 0 Å². The molecule has 1 amide bonds. The molecule has 1 rings (SSSR count). The molecule has 1 heterocycles. The van der Waals surface area contributed by atoms with Crippen molar-refractivity contribution in [1.82, 2.24) is 9.80 Å². The van der Waals surface area contributed by atoms with Gasteiger partial charge in [-0.1, -0.05) is 39.5 Å². The Kier molecular flexibility index (Phi) is 7.24. The number of carbonyl (C=O) groups excluding carboxylic acids is 1. The van der Waals surface area contributed by atoms with Gasteiger partial charge in [-0.25, -0.2) is 0 Å². The van der Waals surface area contributed by atoms with Gasteiger partial charge in [0.05, 0.1) is 0 Å². The molecular weight excluding hydrogens is 274 g/mol. The summed E-state index contributed by atoms with van der Waals surface area (Å²) in [5.74, 6) is -0.302. The highest BCUT2D eigenvalue weighted by Gasteiger charge is 2.38. The van der Waals surface area contributed by atoms with Crippen LogP contribution in [-0.4, -0.2) is 34.0 Å². The summed E-state index contributed by atoms with van der Waals surface area (Å²) in [6, 6.07) is 0. The molecule has 4 nitrogen and oxygen atoms in total. The van der Waals surface area contributed by atoms with Gasteiger partial charge in [0.2, 0.25) is 0 Å². The summed E-state index contributed by atoms with van der Waals surface area (Å²) in [5.41, 5.74) is 6.32. The lowest BCUT2D eigenvalue weighted by Gasteiger charge is -2.41. The second-order valence-corrected chi connectivity index (χ2v) is 7.33. The summed E-state index contributed by atoms with van der Waals surface area (Å²) in [6.45, 7) is 11.9. The highest BCUT2D eigenvalue weighted by atomic mass is 16.1. The summed E-state index contributed by atoms with van der Waals surface area (Å²) in [4.78, 5) is 16.5. The highest BCUT2D eigenvalue weighted by molar-refractivity contribution is 5.91. The van der Waals surface area contributed by atoms with Gasteiger partial charge in [0.25, 0.3) is 5.91 Å². The molecule has 1 aliphatic heterocycles. The fraction of sp³-hybridized carbons (Fsp3) is 0.833. The number of primary amides is 1. The molecule has 0 radical (unpaired) electrons. The molecule has 0 aromatic heterocycles. The smallest absolute Gasteiger partial charge is 0.266 e. The van der Waals surface area contributed by atoms with E-state index in [0.717, 1.165) is 19.4 Å². The predicted molar refractivity (Wildman–Crippen MR) is 93.0 cm³/mol. The van der Waals surface area contributed by atoms with Crippen LogP contribution in [0.4, 0.5) is 0 Å². The number of nitrogens with zero attached hydrogens (tertiary/aromatic N) is 2. The topological polar surface area (TPSA) is 49.6 Å². The molecule has 0 aliphatic carbocycles. The van der Waals surface area contributed by atoms with Crippen LogP contribution in [0, 0.1) is 0 Å². The van der Waals surface area contributed by atoms with Gasteiger partial charge >= 0.3 is 0 Å². The Morgan fingerprint density at radius 1 is 1.14 bits per heavy atom. The van der Waals surface area contributed by atoms with Crippen molar-refractivity contribution < 1.29 is 4.79 Å². The number of hydrogen-bond acceptors (Lipinski definition) is 3. The molecule has 4 heteroatoms. The molecule has 0 aromatic carbocycles. The van der Waals surface area contributed by atoms with Crippen molar-refractivity contribution in [2.75, 3.05) is 6.54 Å². The van der Waals surface area contributed by atoms with E-state index in [1.165, 1.54) is 32.1 Å². The zero-order valence-electron chi connectivity index (χ0n) is 15.2. The minimum absolute atomic E-state index is 0.00289. The molecule has 0 saturated heterocycles. The third-order valence-corrected chi connectivity index (χ3v) is 4.35. The number of amides is 1. The first-order valence-electron chi connectivity index (χ1n) is 8.89. The van der Waals surface area contributed by atoms with E-state index in [2.05, 4.69) is 44.4 Å². The predicted octanol–water partition coefficient (Wildman–Crippen LogP) is 3.83. The first-order valence-corrected chi connectivity index (χ1v) is 8.89. The van der Waals surface area contributed by atoms with Gasteiger partial charge < -0.3 is 15.5 Å². The van der Waals surface area contributed by atoms with Crippen LogP contribution in [0.3, 0.4) is 0 Å². The van der Waals surface area contributed by atoms with Crippen molar-refractivity contribution >= 4 is 5.91 Å². The monoisotopic (exact) mass is 309 g/mol. The normalized spacial score (nSPS) is 18.8. The first kappa shape index (κ1) is 18.9. The molecule has 22 heavy (non-hydrogen) atoms. The minimum Gasteiger partial charge on any atom is -0.364 e. The maximum Gasteiger partial charge on any atom is 0.266 e. The summed E-state index contributed by atoms with van der Waals surface area (Å²) < 4.78 is 0. The third kappa shape index (κ3) is 4.92. The molecular formula is C18H35N3O. The van der Waals surface area contributed by atoms with E-state index in [0.29, 0.717) is 5.70 Å². The van der Waals surface area contributed by atoms with Crippen molar-refractivity contribution in [3.63, 3.8) is 0 Å². The maximum absolute atomic E-state index is 11.9. The number of nitrogens with two attached hydrogens (primary N) is 1. The molecule has 1 unspecified atom stereocenters. The van der Waals surface area contributed by atoms with Gasteiger partial charge in [-0.3, -0.25) is 4.79 Å². The van der Waals surface area contributed by atoms with Crippen molar-refractivity contribution in [2.45, 2.75) is 91.3 Å². The van der Waals surface area contributed by atoms with E-state index < -0.39 is 0 Å². The van der Waals surface area contributed by atoms with Crippen molar-refractivity contribution in [1.29, 1.82) is 0 Å². The van der Waals surface area contributed by atoms with Crippen LogP contribution < -0.4 is 5.73 Å². The van der Waals surface area contributed by atoms with Crippen molar-refractivity contribution in [3.05, 3.63) is 11.9 Å². The molecule has 0 fully saturated rings. The lowest BCUT2D eigenvalue weighted by Crippen LogP contribution is -2.48. The Balaban J connectivity index is 2.92. The average molecular weight is 309 g/mol. The van der Waals surface area contributed by atoms with Crippen LogP contribution in [0.2, 0.25) is 0 Å². The van der Waals surface area contributed by atoms with E-state index in [4.69, 9.17) is 5.73 Å². The Hall–Kier alpha value is -1.19. The van der Waals surface area contributed by atoms with E-state index in [9.17, 15) is 4.79 Å². The van der Waals surface area contributed by atoms with Gasteiger partial charge in [0.1, 0.15) is 11.9 Å². The molecule has 2 N–H and O–H groups in total. The molecule has 0 spiro atoms. The van der Waals surface area contributed by atoms with Crippen LogP contribution in [0.15, 0.2) is 11.9 Å². The zero-order chi connectivity index (χ0) is 16.8.